The number of aromatic nitrogens is 2. The summed E-state index contributed by atoms with van der Waals surface area (Å²) < 4.78 is 1.88. The van der Waals surface area contributed by atoms with Crippen molar-refractivity contribution in [3.8, 4) is 16.9 Å². The zero-order valence-corrected chi connectivity index (χ0v) is 20.0. The molecule has 12 heteroatoms. The Balaban J connectivity index is 0.00000320. The first kappa shape index (κ1) is 29.7. The van der Waals surface area contributed by atoms with Crippen LogP contribution in [0.5, 0.6) is 0 Å². The first-order valence-electron chi connectivity index (χ1n) is 8.80. The van der Waals surface area contributed by atoms with Gasteiger partial charge in [0.1, 0.15) is 11.7 Å². The van der Waals surface area contributed by atoms with Crippen LogP contribution >= 0.6 is 49.0 Å². The van der Waals surface area contributed by atoms with Crippen LogP contribution in [-0.4, -0.2) is 49.9 Å². The van der Waals surface area contributed by atoms with Crippen LogP contribution in [0.15, 0.2) is 59.9 Å². The number of hydrogen-bond donors (Lipinski definition) is 6. The van der Waals surface area contributed by atoms with Gasteiger partial charge in [-0.2, -0.15) is 0 Å². The number of nitrogens with two attached hydrogens (primary N) is 2. The molecule has 1 heterocycles. The number of rotatable bonds is 8. The quantitative estimate of drug-likeness (QED) is 0.152. The average Bonchev–Trinajstić information content (AvgIpc) is 3.16. The van der Waals surface area contributed by atoms with Gasteiger partial charge in [-0.3, -0.25) is 15.4 Å². The lowest BCUT2D eigenvalue weighted by atomic mass is 10.1. The van der Waals surface area contributed by atoms with Gasteiger partial charge in [0.25, 0.3) is 0 Å². The van der Waals surface area contributed by atoms with E-state index in [1.54, 1.807) is 24.3 Å². The first-order chi connectivity index (χ1) is 13.9. The number of thioether (sulfide) groups is 1. The van der Waals surface area contributed by atoms with Gasteiger partial charge < -0.3 is 21.7 Å². The summed E-state index contributed by atoms with van der Waals surface area (Å²) in [5.41, 5.74) is 14.7. The lowest BCUT2D eigenvalue weighted by molar-refractivity contribution is 0.113. The summed E-state index contributed by atoms with van der Waals surface area (Å²) in [7, 11) is 0. The highest BCUT2D eigenvalue weighted by atomic mass is 35.5. The van der Waals surface area contributed by atoms with Gasteiger partial charge in [-0.15, -0.1) is 37.2 Å². The Morgan fingerprint density at radius 3 is 1.91 bits per heavy atom. The SMILES string of the molecule is Cl.Cl.Cl.N=C(N)c1ccc(-c2cn(-c3ccc(C(=N)N)cc3)c(SCC(O)CO)n2)cc1. The summed E-state index contributed by atoms with van der Waals surface area (Å²) in [4.78, 5) is 4.68. The summed E-state index contributed by atoms with van der Waals surface area (Å²) in [6, 6.07) is 14.4. The molecule has 32 heavy (non-hydrogen) atoms. The third-order valence-electron chi connectivity index (χ3n) is 4.24. The molecule has 174 valence electrons. The largest absolute Gasteiger partial charge is 0.394 e. The topological polar surface area (TPSA) is 158 Å². The van der Waals surface area contributed by atoms with E-state index in [9.17, 15) is 5.11 Å². The number of hydrogen-bond acceptors (Lipinski definition) is 6. The second kappa shape index (κ2) is 13.3. The van der Waals surface area contributed by atoms with Gasteiger partial charge in [-0.25, -0.2) is 4.98 Å². The summed E-state index contributed by atoms with van der Waals surface area (Å²) in [5, 5.41) is 34.5. The van der Waals surface area contributed by atoms with Gasteiger partial charge in [-0.1, -0.05) is 36.0 Å². The molecule has 0 spiro atoms. The maximum Gasteiger partial charge on any atom is 0.173 e. The number of amidine groups is 2. The van der Waals surface area contributed by atoms with E-state index in [0.717, 1.165) is 16.9 Å². The molecule has 1 atom stereocenters. The zero-order chi connectivity index (χ0) is 21.0. The molecule has 0 aliphatic heterocycles. The number of halogens is 3. The standard InChI is InChI=1S/C20H22N6O2S.3ClH/c21-18(22)13-3-1-12(2-4-13)17-9-26(20(25-17)29-11-16(28)10-27)15-7-5-14(6-8-15)19(23)24;;;/h1-9,16,27-28H,10-11H2,(H3,21,22)(H3,23,24);3*1H. The van der Waals surface area contributed by atoms with E-state index in [1.165, 1.54) is 11.8 Å². The van der Waals surface area contributed by atoms with Gasteiger partial charge in [0.2, 0.25) is 0 Å². The molecular weight excluding hydrogens is 495 g/mol. The molecule has 0 bridgehead atoms. The molecule has 0 aliphatic rings. The summed E-state index contributed by atoms with van der Waals surface area (Å²) in [6.45, 7) is -0.319. The number of nitrogens with zero attached hydrogens (tertiary/aromatic N) is 2. The Morgan fingerprint density at radius 2 is 1.44 bits per heavy atom. The highest BCUT2D eigenvalue weighted by Crippen LogP contribution is 2.28. The van der Waals surface area contributed by atoms with Crippen LogP contribution in [0.4, 0.5) is 0 Å². The van der Waals surface area contributed by atoms with E-state index in [4.69, 9.17) is 27.4 Å². The molecule has 1 aromatic heterocycles. The molecule has 8 nitrogen and oxygen atoms in total. The number of benzene rings is 2. The van der Waals surface area contributed by atoms with Gasteiger partial charge in [0.15, 0.2) is 5.16 Å². The number of aliphatic hydroxyl groups is 2. The van der Waals surface area contributed by atoms with Crippen molar-refractivity contribution < 1.29 is 10.2 Å². The Bertz CT molecular complexity index is 1030. The predicted molar refractivity (Wildman–Crippen MR) is 137 cm³/mol. The minimum atomic E-state index is -0.844. The van der Waals surface area contributed by atoms with Crippen LogP contribution in [-0.2, 0) is 0 Å². The normalized spacial score (nSPS) is 10.8. The Labute approximate surface area is 208 Å². The van der Waals surface area contributed by atoms with Crippen molar-refractivity contribution in [1.29, 1.82) is 10.8 Å². The van der Waals surface area contributed by atoms with Gasteiger partial charge >= 0.3 is 0 Å². The van der Waals surface area contributed by atoms with Crippen LogP contribution in [0.1, 0.15) is 11.1 Å². The number of aliphatic hydroxyl groups excluding tert-OH is 2. The smallest absolute Gasteiger partial charge is 0.173 e. The highest BCUT2D eigenvalue weighted by molar-refractivity contribution is 7.99. The van der Waals surface area contributed by atoms with Gasteiger partial charge in [-0.05, 0) is 24.3 Å². The summed E-state index contributed by atoms with van der Waals surface area (Å²) in [5.74, 6) is 0.290. The second-order valence-corrected chi connectivity index (χ2v) is 7.36. The predicted octanol–water partition coefficient (Wildman–Crippen LogP) is 2.82. The van der Waals surface area contributed by atoms with Crippen molar-refractivity contribution in [3.05, 3.63) is 65.9 Å². The second-order valence-electron chi connectivity index (χ2n) is 6.38. The molecule has 3 rings (SSSR count). The van der Waals surface area contributed by atoms with Crippen LogP contribution in [0.25, 0.3) is 16.9 Å². The number of nitrogens with one attached hydrogen (secondary N) is 2. The van der Waals surface area contributed by atoms with Crippen molar-refractivity contribution in [3.63, 3.8) is 0 Å². The van der Waals surface area contributed by atoms with Crippen LogP contribution < -0.4 is 11.5 Å². The lowest BCUT2D eigenvalue weighted by Crippen LogP contribution is -2.15. The zero-order valence-electron chi connectivity index (χ0n) is 16.8. The molecule has 0 radical (unpaired) electrons. The van der Waals surface area contributed by atoms with Crippen LogP contribution in [0, 0.1) is 10.8 Å². The third kappa shape index (κ3) is 7.13. The molecule has 0 saturated carbocycles. The third-order valence-corrected chi connectivity index (χ3v) is 5.33. The molecule has 3 aromatic rings. The van der Waals surface area contributed by atoms with E-state index in [2.05, 4.69) is 4.98 Å². The first-order valence-corrected chi connectivity index (χ1v) is 9.78. The summed E-state index contributed by atoms with van der Waals surface area (Å²) in [6.07, 6.45) is 1.03. The van der Waals surface area contributed by atoms with Gasteiger partial charge in [0, 0.05) is 34.3 Å². The van der Waals surface area contributed by atoms with Gasteiger partial charge in [0.05, 0.1) is 18.4 Å². The van der Waals surface area contributed by atoms with E-state index < -0.39 is 6.10 Å². The molecule has 1 unspecified atom stereocenters. The molecule has 0 saturated heterocycles. The number of imidazole rings is 1. The van der Waals surface area contributed by atoms with E-state index in [-0.39, 0.29) is 55.5 Å². The lowest BCUT2D eigenvalue weighted by Gasteiger charge is -2.10. The maximum absolute atomic E-state index is 9.71. The van der Waals surface area contributed by atoms with Crippen LogP contribution in [0.3, 0.4) is 0 Å². The van der Waals surface area contributed by atoms with Crippen molar-refractivity contribution in [2.75, 3.05) is 12.4 Å². The average molecular weight is 520 g/mol. The van der Waals surface area contributed by atoms with E-state index in [1.807, 2.05) is 35.0 Å². The fourth-order valence-corrected chi connectivity index (χ4v) is 3.54. The van der Waals surface area contributed by atoms with Crippen molar-refractivity contribution in [1.82, 2.24) is 9.55 Å². The van der Waals surface area contributed by atoms with Crippen molar-refractivity contribution >= 4 is 60.7 Å². The van der Waals surface area contributed by atoms with E-state index >= 15 is 0 Å². The monoisotopic (exact) mass is 518 g/mol. The molecule has 8 N–H and O–H groups in total. The van der Waals surface area contributed by atoms with Crippen molar-refractivity contribution in [2.24, 2.45) is 11.5 Å². The summed E-state index contributed by atoms with van der Waals surface area (Å²) >= 11 is 1.33. The molecule has 0 fully saturated rings. The van der Waals surface area contributed by atoms with E-state index in [0.29, 0.717) is 22.0 Å². The molecule has 0 amide bonds. The Hall–Kier alpha value is -2.27. The fraction of sp³-hybridized carbons (Fsp3) is 0.150. The molecule has 0 aliphatic carbocycles. The number of nitrogen functional groups attached to an aromatic ring is 2. The Kier molecular flexibility index (Phi) is 12.4. The van der Waals surface area contributed by atoms with Crippen molar-refractivity contribution in [2.45, 2.75) is 11.3 Å². The molecular formula is C20H25Cl3N6O2S. The van der Waals surface area contributed by atoms with Crippen LogP contribution in [0.2, 0.25) is 0 Å². The fourth-order valence-electron chi connectivity index (χ4n) is 2.63. The Morgan fingerprint density at radius 1 is 0.938 bits per heavy atom. The minimum absolute atomic E-state index is 0. The minimum Gasteiger partial charge on any atom is -0.394 e. The highest BCUT2D eigenvalue weighted by Gasteiger charge is 2.14. The molecule has 2 aromatic carbocycles. The maximum atomic E-state index is 9.71.